The molecule has 2 aromatic carbocycles. The number of benzene rings is 2. The van der Waals surface area contributed by atoms with Gasteiger partial charge in [-0.2, -0.15) is 0 Å². The Morgan fingerprint density at radius 3 is 2.56 bits per heavy atom. The molecule has 0 saturated carbocycles. The molecule has 136 valence electrons. The lowest BCUT2D eigenvalue weighted by molar-refractivity contribution is -0.116. The van der Waals surface area contributed by atoms with Gasteiger partial charge in [0.25, 0.3) is 0 Å². The molecule has 2 heterocycles. The summed E-state index contributed by atoms with van der Waals surface area (Å²) in [6.45, 7) is -0.00952. The number of sulfone groups is 1. The molecular formula is C19H15N3O3S2. The molecular weight excluding hydrogens is 382 g/mol. The van der Waals surface area contributed by atoms with Gasteiger partial charge in [0.2, 0.25) is 15.7 Å². The van der Waals surface area contributed by atoms with Crippen LogP contribution in [-0.2, 0) is 21.2 Å². The predicted octanol–water partition coefficient (Wildman–Crippen LogP) is 3.57. The molecule has 0 radical (unpaired) electrons. The minimum absolute atomic E-state index is 0.00952. The average Bonchev–Trinajstić information content (AvgIpc) is 3.31. The third kappa shape index (κ3) is 3.36. The van der Waals surface area contributed by atoms with Crippen LogP contribution in [-0.4, -0.2) is 23.9 Å². The first-order chi connectivity index (χ1) is 13.1. The molecule has 2 aromatic heterocycles. The number of carbonyl (C=O) groups is 1. The molecule has 4 aromatic rings. The first-order valence-corrected chi connectivity index (χ1v) is 10.5. The molecule has 0 aliphatic carbocycles. The van der Waals surface area contributed by atoms with Crippen molar-refractivity contribution in [2.75, 3.05) is 5.32 Å². The van der Waals surface area contributed by atoms with Crippen LogP contribution < -0.4 is 5.32 Å². The van der Waals surface area contributed by atoms with E-state index in [1.54, 1.807) is 64.7 Å². The van der Waals surface area contributed by atoms with Crippen molar-refractivity contribution >= 4 is 43.1 Å². The van der Waals surface area contributed by atoms with Crippen molar-refractivity contribution in [1.82, 2.24) is 9.55 Å². The van der Waals surface area contributed by atoms with Gasteiger partial charge in [-0.15, -0.1) is 11.3 Å². The molecule has 0 atom stereocenters. The fraction of sp³-hybridized carbons (Fsp3) is 0.0526. The summed E-state index contributed by atoms with van der Waals surface area (Å²) in [5.41, 5.74) is 0.682. The van der Waals surface area contributed by atoms with E-state index < -0.39 is 9.84 Å². The summed E-state index contributed by atoms with van der Waals surface area (Å²) in [5, 5.41) is 5.58. The normalized spacial score (nSPS) is 11.6. The molecule has 4 rings (SSSR count). The number of hydrogen-bond acceptors (Lipinski definition) is 5. The first kappa shape index (κ1) is 17.4. The van der Waals surface area contributed by atoms with Crippen LogP contribution in [0.25, 0.3) is 10.9 Å². The summed E-state index contributed by atoms with van der Waals surface area (Å²) in [6, 6.07) is 15.4. The number of carbonyl (C=O) groups excluding carboxylic acids is 1. The summed E-state index contributed by atoms with van der Waals surface area (Å²) < 4.78 is 27.8. The summed E-state index contributed by atoms with van der Waals surface area (Å²) >= 11 is 1.32. The Balaban J connectivity index is 1.74. The highest BCUT2D eigenvalue weighted by molar-refractivity contribution is 7.91. The molecule has 0 aliphatic heterocycles. The van der Waals surface area contributed by atoms with Crippen molar-refractivity contribution in [1.29, 1.82) is 0 Å². The number of nitrogens with one attached hydrogen (secondary N) is 1. The molecule has 1 amide bonds. The van der Waals surface area contributed by atoms with Gasteiger partial charge in [-0.1, -0.05) is 36.4 Å². The number of amides is 1. The van der Waals surface area contributed by atoms with Crippen molar-refractivity contribution in [3.63, 3.8) is 0 Å². The quantitative estimate of drug-likeness (QED) is 0.558. The summed E-state index contributed by atoms with van der Waals surface area (Å²) in [6.07, 6.45) is 3.13. The van der Waals surface area contributed by atoms with Crippen molar-refractivity contribution in [2.45, 2.75) is 16.3 Å². The second kappa shape index (κ2) is 6.98. The maximum Gasteiger partial charge on any atom is 0.246 e. The Morgan fingerprint density at radius 1 is 1.07 bits per heavy atom. The number of rotatable bonds is 5. The van der Waals surface area contributed by atoms with Crippen LogP contribution in [0.1, 0.15) is 0 Å². The van der Waals surface area contributed by atoms with Crippen LogP contribution in [0.15, 0.2) is 82.2 Å². The summed E-state index contributed by atoms with van der Waals surface area (Å²) in [5.74, 6) is -0.269. The fourth-order valence-electron chi connectivity index (χ4n) is 2.88. The second-order valence-electron chi connectivity index (χ2n) is 5.84. The molecule has 0 bridgehead atoms. The standard InChI is InChI=1S/C19H15N3O3S2/c23-18(21-19-20-10-11-26-19)13-22-12-17(15-8-4-5-9-16(15)22)27(24,25)14-6-2-1-3-7-14/h1-12H,13H2,(H,20,21,23). The topological polar surface area (TPSA) is 81.1 Å². The summed E-state index contributed by atoms with van der Waals surface area (Å²) in [7, 11) is -3.69. The lowest BCUT2D eigenvalue weighted by Crippen LogP contribution is -2.18. The molecule has 27 heavy (non-hydrogen) atoms. The third-order valence-corrected chi connectivity index (χ3v) is 6.57. The average molecular weight is 397 g/mol. The van der Waals surface area contributed by atoms with Crippen LogP contribution in [0.5, 0.6) is 0 Å². The number of para-hydroxylation sites is 1. The Labute approximate surface area is 160 Å². The van der Waals surface area contributed by atoms with Crippen LogP contribution in [0.4, 0.5) is 5.13 Å². The molecule has 0 aliphatic rings. The second-order valence-corrected chi connectivity index (χ2v) is 8.65. The van der Waals surface area contributed by atoms with Crippen LogP contribution >= 0.6 is 11.3 Å². The van der Waals surface area contributed by atoms with Gasteiger partial charge in [-0.05, 0) is 18.2 Å². The van der Waals surface area contributed by atoms with Gasteiger partial charge in [0, 0.05) is 28.7 Å². The molecule has 6 nitrogen and oxygen atoms in total. The van der Waals surface area contributed by atoms with E-state index in [9.17, 15) is 13.2 Å². The largest absolute Gasteiger partial charge is 0.337 e. The third-order valence-electron chi connectivity index (χ3n) is 4.09. The number of thiazole rings is 1. The van der Waals surface area contributed by atoms with Crippen LogP contribution in [0.3, 0.4) is 0 Å². The van der Waals surface area contributed by atoms with Crippen molar-refractivity contribution in [3.05, 3.63) is 72.4 Å². The lowest BCUT2D eigenvalue weighted by atomic mass is 10.2. The Bertz CT molecular complexity index is 1200. The van der Waals surface area contributed by atoms with Gasteiger partial charge in [-0.25, -0.2) is 13.4 Å². The van der Waals surface area contributed by atoms with Crippen LogP contribution in [0, 0.1) is 0 Å². The number of hydrogen-bond donors (Lipinski definition) is 1. The predicted molar refractivity (Wildman–Crippen MR) is 105 cm³/mol. The maximum atomic E-state index is 13.1. The van der Waals surface area contributed by atoms with Gasteiger partial charge < -0.3 is 9.88 Å². The summed E-state index contributed by atoms with van der Waals surface area (Å²) in [4.78, 5) is 16.8. The Hall–Kier alpha value is -2.97. The number of anilines is 1. The van der Waals surface area contributed by atoms with E-state index >= 15 is 0 Å². The minimum Gasteiger partial charge on any atom is -0.337 e. The zero-order valence-electron chi connectivity index (χ0n) is 14.1. The monoisotopic (exact) mass is 397 g/mol. The van der Waals surface area contributed by atoms with Gasteiger partial charge in [-0.3, -0.25) is 4.79 Å². The van der Waals surface area contributed by atoms with Gasteiger partial charge in [0.15, 0.2) is 5.13 Å². The van der Waals surface area contributed by atoms with E-state index in [0.29, 0.717) is 16.0 Å². The smallest absolute Gasteiger partial charge is 0.246 e. The molecule has 1 N–H and O–H groups in total. The zero-order valence-corrected chi connectivity index (χ0v) is 15.7. The van der Waals surface area contributed by atoms with E-state index in [4.69, 9.17) is 0 Å². The molecule has 0 unspecified atom stereocenters. The molecule has 0 saturated heterocycles. The highest BCUT2D eigenvalue weighted by Gasteiger charge is 2.23. The molecule has 0 spiro atoms. The molecule has 0 fully saturated rings. The van der Waals surface area contributed by atoms with Gasteiger partial charge in [0.05, 0.1) is 9.79 Å². The SMILES string of the molecule is O=C(Cn1cc(S(=O)(=O)c2ccccc2)c2ccccc21)Nc1nccs1. The number of nitrogens with zero attached hydrogens (tertiary/aromatic N) is 2. The van der Waals surface area contributed by atoms with Crippen molar-refractivity contribution in [2.24, 2.45) is 0 Å². The zero-order chi connectivity index (χ0) is 18.9. The lowest BCUT2D eigenvalue weighted by Gasteiger charge is -2.05. The van der Waals surface area contributed by atoms with Crippen molar-refractivity contribution < 1.29 is 13.2 Å². The van der Waals surface area contributed by atoms with E-state index in [2.05, 4.69) is 10.3 Å². The minimum atomic E-state index is -3.69. The highest BCUT2D eigenvalue weighted by Crippen LogP contribution is 2.30. The van der Waals surface area contributed by atoms with E-state index in [-0.39, 0.29) is 22.2 Å². The first-order valence-electron chi connectivity index (χ1n) is 8.13. The fourth-order valence-corrected chi connectivity index (χ4v) is 4.93. The van der Waals surface area contributed by atoms with E-state index in [1.165, 1.54) is 17.5 Å². The Kier molecular flexibility index (Phi) is 4.51. The van der Waals surface area contributed by atoms with E-state index in [1.807, 2.05) is 6.07 Å². The highest BCUT2D eigenvalue weighted by atomic mass is 32.2. The number of aromatic nitrogens is 2. The van der Waals surface area contributed by atoms with Gasteiger partial charge >= 0.3 is 0 Å². The van der Waals surface area contributed by atoms with Crippen LogP contribution in [0.2, 0.25) is 0 Å². The maximum absolute atomic E-state index is 13.1. The van der Waals surface area contributed by atoms with E-state index in [0.717, 1.165) is 0 Å². The van der Waals surface area contributed by atoms with Crippen molar-refractivity contribution in [3.8, 4) is 0 Å². The molecule has 8 heteroatoms. The Morgan fingerprint density at radius 2 is 1.81 bits per heavy atom. The van der Waals surface area contributed by atoms with Gasteiger partial charge in [0.1, 0.15) is 6.54 Å². The number of fused-ring (bicyclic) bond motifs is 1.